The van der Waals surface area contributed by atoms with Crippen LogP contribution in [-0.2, 0) is 4.74 Å². The van der Waals surface area contributed by atoms with E-state index in [2.05, 4.69) is 43.1 Å². The summed E-state index contributed by atoms with van der Waals surface area (Å²) in [7, 11) is 0. The number of rotatable bonds is 2. The van der Waals surface area contributed by atoms with Crippen LogP contribution in [0.1, 0.15) is 34.1 Å². The molecule has 0 saturated heterocycles. The van der Waals surface area contributed by atoms with Crippen molar-refractivity contribution >= 4 is 11.6 Å². The van der Waals surface area contributed by atoms with Gasteiger partial charge in [-0.2, -0.15) is 0 Å². The van der Waals surface area contributed by atoms with Crippen molar-refractivity contribution in [3.63, 3.8) is 0 Å². The van der Waals surface area contributed by atoms with Crippen LogP contribution in [0.2, 0.25) is 0 Å². The molecule has 1 unspecified atom stereocenters. The second-order valence-electron chi connectivity index (χ2n) is 5.99. The topological polar surface area (TPSA) is 34.5 Å². The van der Waals surface area contributed by atoms with Gasteiger partial charge in [0.2, 0.25) is 5.90 Å². The van der Waals surface area contributed by atoms with Crippen LogP contribution in [0.5, 0.6) is 0 Å². The Morgan fingerprint density at radius 1 is 0.833 bits per heavy atom. The van der Waals surface area contributed by atoms with Crippen molar-refractivity contribution < 1.29 is 4.74 Å². The van der Waals surface area contributed by atoms with Gasteiger partial charge < -0.3 is 4.74 Å². The molecule has 0 aliphatic carbocycles. The Hall–Kier alpha value is -2.94. The molecule has 1 aromatic heterocycles. The number of aromatic nitrogens is 1. The maximum Gasteiger partial charge on any atom is 0.241 e. The lowest BCUT2D eigenvalue weighted by atomic mass is 9.92. The fraction of sp³-hybridized carbons (Fsp3) is 0.143. The van der Waals surface area contributed by atoms with Gasteiger partial charge in [0.05, 0.1) is 5.69 Å². The molecule has 118 valence electrons. The maximum atomic E-state index is 6.33. The molecule has 2 aromatic carbocycles. The molecule has 0 radical (unpaired) electrons. The van der Waals surface area contributed by atoms with E-state index in [1.165, 1.54) is 11.1 Å². The lowest BCUT2D eigenvalue weighted by molar-refractivity contribution is 0.227. The maximum absolute atomic E-state index is 6.33. The third-order valence-electron chi connectivity index (χ3n) is 4.37. The van der Waals surface area contributed by atoms with Crippen molar-refractivity contribution in [1.29, 1.82) is 0 Å². The van der Waals surface area contributed by atoms with Crippen LogP contribution in [0, 0.1) is 13.8 Å². The number of aliphatic imine (C=N–C) groups is 1. The first-order chi connectivity index (χ1) is 11.7. The van der Waals surface area contributed by atoms with E-state index in [0.29, 0.717) is 5.90 Å². The molecule has 3 heteroatoms. The summed E-state index contributed by atoms with van der Waals surface area (Å²) in [5.74, 6) is 0.571. The Bertz CT molecular complexity index is 916. The highest BCUT2D eigenvalue weighted by molar-refractivity contribution is 5.95. The SMILES string of the molecule is Cc1ccccc1C1OC(c2ccccn2)=Nc2cccc(C)c21. The second kappa shape index (κ2) is 5.93. The van der Waals surface area contributed by atoms with Crippen LogP contribution in [0.15, 0.2) is 71.9 Å². The lowest BCUT2D eigenvalue weighted by Gasteiger charge is -2.28. The monoisotopic (exact) mass is 314 g/mol. The fourth-order valence-electron chi connectivity index (χ4n) is 3.12. The Balaban J connectivity index is 1.90. The minimum absolute atomic E-state index is 0.170. The molecule has 0 amide bonds. The highest BCUT2D eigenvalue weighted by Gasteiger charge is 2.29. The number of hydrogen-bond donors (Lipinski definition) is 0. The third kappa shape index (κ3) is 2.48. The lowest BCUT2D eigenvalue weighted by Crippen LogP contribution is -2.20. The van der Waals surface area contributed by atoms with E-state index in [4.69, 9.17) is 9.73 Å². The van der Waals surface area contributed by atoms with E-state index >= 15 is 0 Å². The van der Waals surface area contributed by atoms with Crippen LogP contribution >= 0.6 is 0 Å². The average Bonchev–Trinajstić information content (AvgIpc) is 2.62. The number of fused-ring (bicyclic) bond motifs is 1. The predicted molar refractivity (Wildman–Crippen MR) is 95.7 cm³/mol. The van der Waals surface area contributed by atoms with Gasteiger partial charge in [-0.3, -0.25) is 4.98 Å². The van der Waals surface area contributed by atoms with Crippen molar-refractivity contribution in [2.24, 2.45) is 4.99 Å². The molecule has 0 saturated carbocycles. The molecule has 0 spiro atoms. The predicted octanol–water partition coefficient (Wildman–Crippen LogP) is 4.90. The molecule has 0 fully saturated rings. The quantitative estimate of drug-likeness (QED) is 0.674. The van der Waals surface area contributed by atoms with Crippen LogP contribution < -0.4 is 0 Å². The number of pyridine rings is 1. The minimum Gasteiger partial charge on any atom is -0.463 e. The van der Waals surface area contributed by atoms with Gasteiger partial charge in [-0.15, -0.1) is 0 Å². The van der Waals surface area contributed by atoms with Crippen molar-refractivity contribution in [3.8, 4) is 0 Å². The largest absolute Gasteiger partial charge is 0.463 e. The summed E-state index contributed by atoms with van der Waals surface area (Å²) in [5, 5.41) is 0. The molecule has 4 rings (SSSR count). The number of nitrogens with zero attached hydrogens (tertiary/aromatic N) is 2. The molecule has 2 heterocycles. The number of benzene rings is 2. The summed E-state index contributed by atoms with van der Waals surface area (Å²) in [6, 6.07) is 20.3. The third-order valence-corrected chi connectivity index (χ3v) is 4.37. The zero-order valence-corrected chi connectivity index (χ0v) is 13.7. The van der Waals surface area contributed by atoms with Crippen molar-refractivity contribution in [2.45, 2.75) is 20.0 Å². The van der Waals surface area contributed by atoms with Crippen molar-refractivity contribution in [2.75, 3.05) is 0 Å². The van der Waals surface area contributed by atoms with Gasteiger partial charge in [-0.05, 0) is 48.7 Å². The molecule has 1 aliphatic rings. The Morgan fingerprint density at radius 3 is 2.42 bits per heavy atom. The summed E-state index contributed by atoms with van der Waals surface area (Å²) in [4.78, 5) is 9.11. The van der Waals surface area contributed by atoms with Crippen LogP contribution in [0.25, 0.3) is 0 Å². The van der Waals surface area contributed by atoms with Gasteiger partial charge in [-0.1, -0.05) is 42.5 Å². The highest BCUT2D eigenvalue weighted by atomic mass is 16.5. The van der Waals surface area contributed by atoms with E-state index in [1.54, 1.807) is 6.20 Å². The summed E-state index contributed by atoms with van der Waals surface area (Å²) in [6.45, 7) is 4.22. The van der Waals surface area contributed by atoms with E-state index in [1.807, 2.05) is 36.4 Å². The number of aryl methyl sites for hydroxylation is 2. The Morgan fingerprint density at radius 2 is 1.62 bits per heavy atom. The minimum atomic E-state index is -0.170. The van der Waals surface area contributed by atoms with Gasteiger partial charge in [0.15, 0.2) is 6.10 Å². The molecule has 1 atom stereocenters. The molecular weight excluding hydrogens is 296 g/mol. The van der Waals surface area contributed by atoms with Crippen molar-refractivity contribution in [3.05, 3.63) is 94.8 Å². The molecule has 1 aliphatic heterocycles. The number of hydrogen-bond acceptors (Lipinski definition) is 3. The van der Waals surface area contributed by atoms with E-state index in [-0.39, 0.29) is 6.10 Å². The Kier molecular flexibility index (Phi) is 3.62. The van der Waals surface area contributed by atoms with E-state index in [0.717, 1.165) is 22.5 Å². The fourth-order valence-corrected chi connectivity index (χ4v) is 3.12. The van der Waals surface area contributed by atoms with Gasteiger partial charge in [0.1, 0.15) is 5.69 Å². The van der Waals surface area contributed by atoms with Gasteiger partial charge in [0, 0.05) is 11.8 Å². The molecule has 0 bridgehead atoms. The second-order valence-corrected chi connectivity index (χ2v) is 5.99. The number of ether oxygens (including phenoxy) is 1. The Labute approximate surface area is 141 Å². The molecule has 3 aromatic rings. The summed E-state index contributed by atoms with van der Waals surface area (Å²) in [6.07, 6.45) is 1.59. The van der Waals surface area contributed by atoms with Crippen LogP contribution in [0.4, 0.5) is 5.69 Å². The van der Waals surface area contributed by atoms with E-state index in [9.17, 15) is 0 Å². The average molecular weight is 314 g/mol. The first kappa shape index (κ1) is 14.6. The smallest absolute Gasteiger partial charge is 0.241 e. The molecular formula is C21H18N2O. The first-order valence-electron chi connectivity index (χ1n) is 8.06. The normalized spacial score (nSPS) is 16.1. The highest BCUT2D eigenvalue weighted by Crippen LogP contribution is 2.40. The zero-order valence-electron chi connectivity index (χ0n) is 13.7. The molecule has 3 nitrogen and oxygen atoms in total. The first-order valence-corrected chi connectivity index (χ1v) is 8.06. The van der Waals surface area contributed by atoms with Gasteiger partial charge in [0.25, 0.3) is 0 Å². The summed E-state index contributed by atoms with van der Waals surface area (Å²) >= 11 is 0. The van der Waals surface area contributed by atoms with Crippen molar-refractivity contribution in [1.82, 2.24) is 4.98 Å². The standard InChI is InChI=1S/C21H18N2O/c1-14-8-3-4-10-16(14)20-19-15(2)9-7-12-17(19)23-21(24-20)18-11-5-6-13-22-18/h3-13,20H,1-2H3. The summed E-state index contributed by atoms with van der Waals surface area (Å²) < 4.78 is 6.33. The van der Waals surface area contributed by atoms with Crippen LogP contribution in [0.3, 0.4) is 0 Å². The molecule has 24 heavy (non-hydrogen) atoms. The van der Waals surface area contributed by atoms with Gasteiger partial charge in [-0.25, -0.2) is 4.99 Å². The summed E-state index contributed by atoms with van der Waals surface area (Å²) in [5.41, 5.74) is 6.39. The van der Waals surface area contributed by atoms with Gasteiger partial charge >= 0.3 is 0 Å². The van der Waals surface area contributed by atoms with Crippen LogP contribution in [-0.4, -0.2) is 10.9 Å². The zero-order chi connectivity index (χ0) is 16.5. The van der Waals surface area contributed by atoms with E-state index < -0.39 is 0 Å². The molecule has 0 N–H and O–H groups in total.